The summed E-state index contributed by atoms with van der Waals surface area (Å²) >= 11 is 0. The van der Waals surface area contributed by atoms with Crippen molar-refractivity contribution in [3.8, 4) is 67.1 Å². The molecule has 0 fully saturated rings. The van der Waals surface area contributed by atoms with Crippen molar-refractivity contribution in [3.63, 3.8) is 0 Å². The molecular formula is C60H46F4O4. The third-order valence-corrected chi connectivity index (χ3v) is 13.4. The third kappa shape index (κ3) is 8.51. The Kier molecular flexibility index (Phi) is 12.1. The fourth-order valence-electron chi connectivity index (χ4n) is 9.68. The first-order valence-corrected chi connectivity index (χ1v) is 23.1. The number of esters is 2. The van der Waals surface area contributed by atoms with Gasteiger partial charge < -0.3 is 9.47 Å². The van der Waals surface area contributed by atoms with E-state index >= 15 is 17.6 Å². The molecule has 0 unspecified atom stereocenters. The molecule has 0 saturated heterocycles. The molecule has 8 aromatic rings. The zero-order chi connectivity index (χ0) is 47.1. The second kappa shape index (κ2) is 18.6. The minimum atomic E-state index is -0.982. The number of hydrogen-bond acceptors (Lipinski definition) is 4. The Morgan fingerprint density at radius 3 is 0.985 bits per heavy atom. The van der Waals surface area contributed by atoms with Gasteiger partial charge in [-0.05, 0) is 146 Å². The molecule has 8 heteroatoms. The maximum absolute atomic E-state index is 15.6. The minimum Gasteiger partial charge on any atom is -0.422 e. The first-order valence-electron chi connectivity index (χ1n) is 23.1. The van der Waals surface area contributed by atoms with Crippen LogP contribution in [0.2, 0.25) is 0 Å². The summed E-state index contributed by atoms with van der Waals surface area (Å²) in [6.45, 7) is 3.85. The molecule has 4 nitrogen and oxygen atoms in total. The van der Waals surface area contributed by atoms with Gasteiger partial charge in [0.2, 0.25) is 0 Å². The van der Waals surface area contributed by atoms with E-state index in [1.54, 1.807) is 72.8 Å². The van der Waals surface area contributed by atoms with E-state index in [0.29, 0.717) is 44.9 Å². The van der Waals surface area contributed by atoms with Crippen molar-refractivity contribution in [2.24, 2.45) is 0 Å². The number of halogens is 4. The molecule has 0 saturated carbocycles. The Bertz CT molecular complexity index is 3030. The molecular weight excluding hydrogens is 861 g/mol. The summed E-state index contributed by atoms with van der Waals surface area (Å²) < 4.78 is 74.6. The zero-order valence-corrected chi connectivity index (χ0v) is 37.7. The first-order chi connectivity index (χ1) is 33.0. The first kappa shape index (κ1) is 44.3. The maximum Gasteiger partial charge on any atom is 0.343 e. The van der Waals surface area contributed by atoms with Gasteiger partial charge in [-0.25, -0.2) is 27.2 Å². The molecule has 2 aliphatic carbocycles. The van der Waals surface area contributed by atoms with E-state index in [2.05, 4.69) is 0 Å². The molecule has 8 aromatic carbocycles. The number of rotatable bonds is 9. The molecule has 10 rings (SSSR count). The summed E-state index contributed by atoms with van der Waals surface area (Å²) in [7, 11) is 0. The monoisotopic (exact) mass is 906 g/mol. The average Bonchev–Trinajstić information content (AvgIpc) is 3.36. The van der Waals surface area contributed by atoms with Gasteiger partial charge in [-0.3, -0.25) is 0 Å². The largest absolute Gasteiger partial charge is 0.422 e. The zero-order valence-electron chi connectivity index (χ0n) is 37.7. The second-order valence-corrected chi connectivity index (χ2v) is 17.8. The van der Waals surface area contributed by atoms with Gasteiger partial charge in [-0.1, -0.05) is 120 Å². The predicted octanol–water partition coefficient (Wildman–Crippen LogP) is 15.4. The van der Waals surface area contributed by atoms with Crippen molar-refractivity contribution in [2.75, 3.05) is 0 Å². The SMILES string of the molecule is Cc1ccc(-c2ccc(-c3ccc(C(=O)Oc4ccc5c(c4-c4c(OC(=O)c6ccc(-c7ccc(-c8ccc(C)cc8)c(F)c7F)cc6)ccc6c4CCCC6)CCCC5)cc3)c(F)c2F)cc1. The van der Waals surface area contributed by atoms with Crippen molar-refractivity contribution in [1.29, 1.82) is 0 Å². The number of aryl methyl sites for hydroxylation is 4. The standard InChI is InChI=1S/C60H46F4O4/c1-35-11-15-39(16-12-35)47-29-31-49(57(63)55(47)61)41-19-23-43(24-20-41)59(65)67-51-33-27-37-7-3-5-9-45(37)53(51)54-46-10-6-4-8-38(46)28-34-52(54)68-60(66)44-25-21-42(22-26-44)50-32-30-48(56(62)58(50)64)40-17-13-36(2)14-18-40/h11-34H,3-10H2,1-2H3. The van der Waals surface area contributed by atoms with Crippen LogP contribution in [0.1, 0.15) is 79.8 Å². The van der Waals surface area contributed by atoms with E-state index < -0.39 is 35.2 Å². The summed E-state index contributed by atoms with van der Waals surface area (Å²) in [5, 5.41) is 0. The number of carbonyl (C=O) groups excluding carboxylic acids is 2. The van der Waals surface area contributed by atoms with E-state index in [9.17, 15) is 9.59 Å². The lowest BCUT2D eigenvalue weighted by Gasteiger charge is -2.27. The Morgan fingerprint density at radius 1 is 0.368 bits per heavy atom. The molecule has 0 spiro atoms. The van der Waals surface area contributed by atoms with Gasteiger partial charge in [-0.2, -0.15) is 0 Å². The molecule has 0 amide bonds. The van der Waals surface area contributed by atoms with E-state index in [0.717, 1.165) is 84.7 Å². The van der Waals surface area contributed by atoms with Gasteiger partial charge in [0.1, 0.15) is 11.5 Å². The minimum absolute atomic E-state index is 0.0651. The Morgan fingerprint density at radius 2 is 0.662 bits per heavy atom. The van der Waals surface area contributed by atoms with Gasteiger partial charge in [0.05, 0.1) is 11.1 Å². The molecule has 2 aliphatic rings. The van der Waals surface area contributed by atoms with Gasteiger partial charge in [0.25, 0.3) is 0 Å². The van der Waals surface area contributed by atoms with Crippen LogP contribution in [-0.4, -0.2) is 11.9 Å². The summed E-state index contributed by atoms with van der Waals surface area (Å²) in [5.74, 6) is -4.50. The van der Waals surface area contributed by atoms with E-state index in [-0.39, 0.29) is 33.4 Å². The van der Waals surface area contributed by atoms with Crippen molar-refractivity contribution in [3.05, 3.63) is 213 Å². The van der Waals surface area contributed by atoms with E-state index in [4.69, 9.17) is 9.47 Å². The highest BCUT2D eigenvalue weighted by atomic mass is 19.2. The van der Waals surface area contributed by atoms with E-state index in [1.165, 1.54) is 36.4 Å². The summed E-state index contributed by atoms with van der Waals surface area (Å²) in [6, 6.07) is 40.6. The van der Waals surface area contributed by atoms with E-state index in [1.807, 2.05) is 50.2 Å². The van der Waals surface area contributed by atoms with Crippen molar-refractivity contribution in [2.45, 2.75) is 65.2 Å². The number of ether oxygens (including phenoxy) is 2. The molecule has 0 bridgehead atoms. The number of carbonyl (C=O) groups is 2. The fourth-order valence-corrected chi connectivity index (χ4v) is 9.68. The van der Waals surface area contributed by atoms with Gasteiger partial charge >= 0.3 is 11.9 Å². The normalized spacial score (nSPS) is 13.1. The number of hydrogen-bond donors (Lipinski definition) is 0. The lowest BCUT2D eigenvalue weighted by molar-refractivity contribution is 0.0723. The fraction of sp³-hybridized carbons (Fsp3) is 0.167. The molecule has 0 atom stereocenters. The van der Waals surface area contributed by atoms with Crippen molar-refractivity contribution < 1.29 is 36.6 Å². The van der Waals surface area contributed by atoms with Crippen LogP contribution < -0.4 is 9.47 Å². The topological polar surface area (TPSA) is 52.6 Å². The Hall–Kier alpha value is -7.58. The molecule has 0 aliphatic heterocycles. The van der Waals surface area contributed by atoms with Crippen LogP contribution in [0.25, 0.3) is 55.6 Å². The smallest absolute Gasteiger partial charge is 0.343 e. The summed E-state index contributed by atoms with van der Waals surface area (Å²) in [5.41, 5.74) is 10.6. The van der Waals surface area contributed by atoms with Crippen LogP contribution in [0.15, 0.2) is 146 Å². The van der Waals surface area contributed by atoms with Crippen molar-refractivity contribution >= 4 is 11.9 Å². The quantitative estimate of drug-likeness (QED) is 0.0823. The lowest BCUT2D eigenvalue weighted by atomic mass is 9.80. The molecule has 0 heterocycles. The third-order valence-electron chi connectivity index (χ3n) is 13.4. The van der Waals surface area contributed by atoms with Gasteiger partial charge in [-0.15, -0.1) is 0 Å². The summed E-state index contributed by atoms with van der Waals surface area (Å²) in [6.07, 6.45) is 7.03. The number of benzene rings is 8. The van der Waals surface area contributed by atoms with Crippen LogP contribution >= 0.6 is 0 Å². The highest BCUT2D eigenvalue weighted by Crippen LogP contribution is 2.47. The average molecular weight is 907 g/mol. The number of fused-ring (bicyclic) bond motifs is 2. The van der Waals surface area contributed by atoms with Gasteiger partial charge in [0.15, 0.2) is 23.3 Å². The highest BCUT2D eigenvalue weighted by molar-refractivity contribution is 5.96. The Balaban J connectivity index is 0.947. The molecule has 0 aromatic heterocycles. The van der Waals surface area contributed by atoms with Crippen molar-refractivity contribution in [1.82, 2.24) is 0 Å². The van der Waals surface area contributed by atoms with Crippen LogP contribution in [0.3, 0.4) is 0 Å². The molecule has 0 radical (unpaired) electrons. The summed E-state index contributed by atoms with van der Waals surface area (Å²) in [4.78, 5) is 28.1. The molecule has 68 heavy (non-hydrogen) atoms. The lowest BCUT2D eigenvalue weighted by Crippen LogP contribution is -2.15. The van der Waals surface area contributed by atoms with Crippen LogP contribution in [0.5, 0.6) is 11.5 Å². The van der Waals surface area contributed by atoms with Gasteiger partial charge in [0, 0.05) is 33.4 Å². The second-order valence-electron chi connectivity index (χ2n) is 17.8. The maximum atomic E-state index is 15.6. The molecule has 338 valence electrons. The van der Waals surface area contributed by atoms with Crippen LogP contribution in [0, 0.1) is 37.1 Å². The highest BCUT2D eigenvalue weighted by Gasteiger charge is 2.29. The molecule has 0 N–H and O–H groups in total. The van der Waals surface area contributed by atoms with Crippen LogP contribution in [-0.2, 0) is 25.7 Å². The Labute approximate surface area is 392 Å². The van der Waals surface area contributed by atoms with Crippen LogP contribution in [0.4, 0.5) is 17.6 Å². The predicted molar refractivity (Wildman–Crippen MR) is 259 cm³/mol.